The van der Waals surface area contributed by atoms with Crippen LogP contribution in [0.4, 0.5) is 0 Å². The van der Waals surface area contributed by atoms with E-state index in [1.807, 2.05) is 31.2 Å². The van der Waals surface area contributed by atoms with Crippen LogP contribution in [0.25, 0.3) is 0 Å². The fraction of sp³-hybridized carbons (Fsp3) is 0.474. The maximum absolute atomic E-state index is 12.6. The summed E-state index contributed by atoms with van der Waals surface area (Å²) in [5, 5.41) is 10.4. The smallest absolute Gasteiger partial charge is 0.290 e. The summed E-state index contributed by atoms with van der Waals surface area (Å²) in [7, 11) is 0. The normalized spacial score (nSPS) is 24.1. The molecule has 2 heterocycles. The quantitative estimate of drug-likeness (QED) is 0.902. The molecule has 0 aliphatic carbocycles. The molecule has 5 nitrogen and oxygen atoms in total. The number of aliphatic hydroxyl groups excluding tert-OH is 1. The number of nitrogens with zero attached hydrogens (tertiary/aromatic N) is 1. The van der Waals surface area contributed by atoms with Crippen LogP contribution in [0.3, 0.4) is 0 Å². The fourth-order valence-corrected chi connectivity index (χ4v) is 3.54. The molecule has 2 aliphatic rings. The minimum atomic E-state index is -0.532. The minimum absolute atomic E-state index is 0.0376. The highest BCUT2D eigenvalue weighted by Gasteiger charge is 2.44. The van der Waals surface area contributed by atoms with E-state index in [2.05, 4.69) is 0 Å². The number of carbonyl (C=O) groups is 2. The SMILES string of the molecule is CCC(=O)C1=C(O)C(=O)N(CC2CCCO2)C1c1ccccc1C. The number of aryl methyl sites for hydroxylation is 1. The van der Waals surface area contributed by atoms with Gasteiger partial charge in [-0.2, -0.15) is 0 Å². The first-order chi connectivity index (χ1) is 11.5. The molecule has 2 unspecified atom stereocenters. The van der Waals surface area contributed by atoms with Gasteiger partial charge < -0.3 is 14.7 Å². The van der Waals surface area contributed by atoms with Crippen molar-refractivity contribution in [1.29, 1.82) is 0 Å². The van der Waals surface area contributed by atoms with Crippen molar-refractivity contribution in [2.75, 3.05) is 13.2 Å². The molecule has 24 heavy (non-hydrogen) atoms. The van der Waals surface area contributed by atoms with E-state index < -0.39 is 17.7 Å². The molecule has 0 radical (unpaired) electrons. The molecular formula is C19H23NO4. The van der Waals surface area contributed by atoms with Gasteiger partial charge in [0.1, 0.15) is 0 Å². The van der Waals surface area contributed by atoms with Crippen molar-refractivity contribution in [3.05, 3.63) is 46.7 Å². The van der Waals surface area contributed by atoms with Gasteiger partial charge in [0.25, 0.3) is 5.91 Å². The first kappa shape index (κ1) is 16.7. The standard InChI is InChI=1S/C19H23NO4/c1-3-15(21)16-17(14-9-5-4-7-12(14)2)20(19(23)18(16)22)11-13-8-6-10-24-13/h4-5,7,9,13,17,22H,3,6,8,10-11H2,1-2H3. The van der Waals surface area contributed by atoms with Gasteiger partial charge in [0, 0.05) is 19.6 Å². The second kappa shape index (κ2) is 6.77. The summed E-state index contributed by atoms with van der Waals surface area (Å²) in [6.07, 6.45) is 2.08. The molecule has 1 amide bonds. The topological polar surface area (TPSA) is 66.8 Å². The molecule has 1 fully saturated rings. The van der Waals surface area contributed by atoms with Crippen molar-refractivity contribution < 1.29 is 19.4 Å². The van der Waals surface area contributed by atoms with E-state index in [-0.39, 0.29) is 23.9 Å². The molecule has 2 atom stereocenters. The molecule has 3 rings (SSSR count). The number of Topliss-reactive ketones (excluding diaryl/α,β-unsaturated/α-hetero) is 1. The van der Waals surface area contributed by atoms with Gasteiger partial charge >= 0.3 is 0 Å². The Balaban J connectivity index is 2.03. The first-order valence-electron chi connectivity index (χ1n) is 8.49. The Labute approximate surface area is 141 Å². The molecule has 5 heteroatoms. The minimum Gasteiger partial charge on any atom is -0.503 e. The van der Waals surface area contributed by atoms with E-state index in [1.165, 1.54) is 0 Å². The summed E-state index contributed by atoms with van der Waals surface area (Å²) >= 11 is 0. The molecule has 128 valence electrons. The predicted octanol–water partition coefficient (Wildman–Crippen LogP) is 2.85. The van der Waals surface area contributed by atoms with E-state index in [9.17, 15) is 14.7 Å². The second-order valence-electron chi connectivity index (χ2n) is 6.39. The third-order valence-electron chi connectivity index (χ3n) is 4.83. The Kier molecular flexibility index (Phi) is 4.71. The Morgan fingerprint density at radius 1 is 1.38 bits per heavy atom. The molecule has 0 aromatic heterocycles. The van der Waals surface area contributed by atoms with Gasteiger partial charge in [-0.05, 0) is 30.9 Å². The number of rotatable bonds is 5. The van der Waals surface area contributed by atoms with Crippen molar-refractivity contribution in [3.8, 4) is 0 Å². The van der Waals surface area contributed by atoms with Crippen LogP contribution in [0.1, 0.15) is 43.4 Å². The Hall–Kier alpha value is -2.14. The summed E-state index contributed by atoms with van der Waals surface area (Å²) in [5.41, 5.74) is 2.09. The van der Waals surface area contributed by atoms with Gasteiger partial charge in [0.05, 0.1) is 17.7 Å². The van der Waals surface area contributed by atoms with Crippen molar-refractivity contribution in [1.82, 2.24) is 4.90 Å². The third-order valence-corrected chi connectivity index (χ3v) is 4.83. The Morgan fingerprint density at radius 3 is 2.75 bits per heavy atom. The van der Waals surface area contributed by atoms with Crippen molar-refractivity contribution in [3.63, 3.8) is 0 Å². The first-order valence-corrected chi connectivity index (χ1v) is 8.49. The van der Waals surface area contributed by atoms with E-state index in [0.29, 0.717) is 13.2 Å². The number of ketones is 1. The van der Waals surface area contributed by atoms with Crippen LogP contribution in [-0.4, -0.2) is 41.0 Å². The van der Waals surface area contributed by atoms with Crippen LogP contribution in [0.15, 0.2) is 35.6 Å². The summed E-state index contributed by atoms with van der Waals surface area (Å²) in [4.78, 5) is 26.6. The number of ether oxygens (including phenoxy) is 1. The second-order valence-corrected chi connectivity index (χ2v) is 6.39. The highest BCUT2D eigenvalue weighted by molar-refractivity contribution is 6.08. The summed E-state index contributed by atoms with van der Waals surface area (Å²) in [5.74, 6) is -1.08. The van der Waals surface area contributed by atoms with Gasteiger partial charge in [-0.1, -0.05) is 31.2 Å². The highest BCUT2D eigenvalue weighted by Crippen LogP contribution is 2.40. The highest BCUT2D eigenvalue weighted by atomic mass is 16.5. The van der Waals surface area contributed by atoms with Gasteiger partial charge in [-0.15, -0.1) is 0 Å². The lowest BCUT2D eigenvalue weighted by molar-refractivity contribution is -0.131. The number of amides is 1. The van der Waals surface area contributed by atoms with Crippen LogP contribution < -0.4 is 0 Å². The molecule has 1 aromatic rings. The van der Waals surface area contributed by atoms with Crippen LogP contribution in [0, 0.1) is 6.92 Å². The number of aliphatic hydroxyl groups is 1. The van der Waals surface area contributed by atoms with Crippen molar-refractivity contribution in [2.45, 2.75) is 45.3 Å². The maximum atomic E-state index is 12.6. The molecule has 0 spiro atoms. The zero-order valence-electron chi connectivity index (χ0n) is 14.1. The lowest BCUT2D eigenvalue weighted by Crippen LogP contribution is -2.37. The summed E-state index contributed by atoms with van der Waals surface area (Å²) in [6.45, 7) is 4.78. The Bertz CT molecular complexity index is 688. The number of carbonyl (C=O) groups excluding carboxylic acids is 2. The van der Waals surface area contributed by atoms with Gasteiger partial charge in [0.15, 0.2) is 11.5 Å². The van der Waals surface area contributed by atoms with Crippen LogP contribution >= 0.6 is 0 Å². The van der Waals surface area contributed by atoms with E-state index in [4.69, 9.17) is 4.74 Å². The summed E-state index contributed by atoms with van der Waals surface area (Å²) < 4.78 is 5.66. The fourth-order valence-electron chi connectivity index (χ4n) is 3.54. The van der Waals surface area contributed by atoms with Gasteiger partial charge in [-0.25, -0.2) is 0 Å². The van der Waals surface area contributed by atoms with Gasteiger partial charge in [0.2, 0.25) is 0 Å². The average molecular weight is 329 g/mol. The maximum Gasteiger partial charge on any atom is 0.290 e. The number of hydrogen-bond donors (Lipinski definition) is 1. The molecule has 2 aliphatic heterocycles. The van der Waals surface area contributed by atoms with Crippen molar-refractivity contribution in [2.24, 2.45) is 0 Å². The van der Waals surface area contributed by atoms with E-state index in [0.717, 1.165) is 24.0 Å². The zero-order chi connectivity index (χ0) is 17.3. The average Bonchev–Trinajstić information content (AvgIpc) is 3.17. The molecule has 0 saturated carbocycles. The van der Waals surface area contributed by atoms with Crippen LogP contribution in [0.5, 0.6) is 0 Å². The predicted molar refractivity (Wildman–Crippen MR) is 89.6 cm³/mol. The molecule has 1 aromatic carbocycles. The van der Waals surface area contributed by atoms with E-state index in [1.54, 1.807) is 11.8 Å². The zero-order valence-corrected chi connectivity index (χ0v) is 14.1. The summed E-state index contributed by atoms with van der Waals surface area (Å²) in [6, 6.07) is 7.14. The Morgan fingerprint density at radius 2 is 2.12 bits per heavy atom. The van der Waals surface area contributed by atoms with E-state index >= 15 is 0 Å². The third kappa shape index (κ3) is 2.84. The van der Waals surface area contributed by atoms with Crippen molar-refractivity contribution >= 4 is 11.7 Å². The lowest BCUT2D eigenvalue weighted by atomic mass is 9.92. The largest absolute Gasteiger partial charge is 0.503 e. The van der Waals surface area contributed by atoms with Crippen LogP contribution in [0.2, 0.25) is 0 Å². The van der Waals surface area contributed by atoms with Crippen LogP contribution in [-0.2, 0) is 14.3 Å². The molecule has 0 bridgehead atoms. The molecule has 1 N–H and O–H groups in total. The number of benzene rings is 1. The molecular weight excluding hydrogens is 306 g/mol. The molecule has 1 saturated heterocycles. The number of hydrogen-bond acceptors (Lipinski definition) is 4. The monoisotopic (exact) mass is 329 g/mol. The van der Waals surface area contributed by atoms with Gasteiger partial charge in [-0.3, -0.25) is 9.59 Å². The lowest BCUT2D eigenvalue weighted by Gasteiger charge is -2.29.